The van der Waals surface area contributed by atoms with E-state index in [1.54, 1.807) is 23.4 Å². The molecule has 1 aromatic heterocycles. The zero-order valence-electron chi connectivity index (χ0n) is 14.6. The average molecular weight is 362 g/mol. The summed E-state index contributed by atoms with van der Waals surface area (Å²) in [5.41, 5.74) is 3.45. The fraction of sp³-hybridized carbons (Fsp3) is 0.294. The van der Waals surface area contributed by atoms with E-state index in [2.05, 4.69) is 15.3 Å². The second-order valence-electron chi connectivity index (χ2n) is 5.50. The Morgan fingerprint density at radius 2 is 1.88 bits per heavy atom. The van der Waals surface area contributed by atoms with Gasteiger partial charge in [-0.15, -0.1) is 0 Å². The molecular weight excluding hydrogens is 340 g/mol. The standard InChI is InChI=1S/C16H20N4O3.CH2O2/c1-11-15(18-10-17-11)8-20(9-16(22)23)7-13-3-5-14(6-4-13)19-12(2)21;2-1-3/h3-6,10H,7-9H2,1-2H3,(H,17,18)(H,19,21)(H,22,23);1H,(H,2,3). The SMILES string of the molecule is CC(=O)Nc1ccc(CN(CC(=O)O)Cc2nc[nH]c2C)cc1.O=CO. The van der Waals surface area contributed by atoms with Crippen molar-refractivity contribution in [2.24, 2.45) is 0 Å². The van der Waals surface area contributed by atoms with E-state index in [4.69, 9.17) is 15.0 Å². The molecule has 1 amide bonds. The smallest absolute Gasteiger partial charge is 0.317 e. The summed E-state index contributed by atoms with van der Waals surface area (Å²) in [6.07, 6.45) is 1.60. The first-order chi connectivity index (χ1) is 12.3. The number of H-pyrrole nitrogens is 1. The van der Waals surface area contributed by atoms with Crippen molar-refractivity contribution in [3.63, 3.8) is 0 Å². The van der Waals surface area contributed by atoms with Crippen LogP contribution in [0.2, 0.25) is 0 Å². The van der Waals surface area contributed by atoms with Crippen molar-refractivity contribution < 1.29 is 24.6 Å². The molecule has 0 radical (unpaired) electrons. The number of benzene rings is 1. The minimum absolute atomic E-state index is 0.0697. The van der Waals surface area contributed by atoms with Gasteiger partial charge in [-0.2, -0.15) is 0 Å². The zero-order chi connectivity index (χ0) is 19.5. The number of nitrogens with zero attached hydrogens (tertiary/aromatic N) is 2. The Morgan fingerprint density at radius 1 is 1.27 bits per heavy atom. The predicted octanol–water partition coefficient (Wildman–Crippen LogP) is 1.46. The lowest BCUT2D eigenvalue weighted by Gasteiger charge is -2.20. The van der Waals surface area contributed by atoms with Crippen LogP contribution in [-0.2, 0) is 27.5 Å². The van der Waals surface area contributed by atoms with Crippen molar-refractivity contribution >= 4 is 24.0 Å². The van der Waals surface area contributed by atoms with Crippen LogP contribution in [0.5, 0.6) is 0 Å². The number of aliphatic carboxylic acids is 1. The van der Waals surface area contributed by atoms with Gasteiger partial charge in [-0.3, -0.25) is 19.3 Å². The molecule has 1 heterocycles. The van der Waals surface area contributed by atoms with Gasteiger partial charge in [0.15, 0.2) is 0 Å². The summed E-state index contributed by atoms with van der Waals surface area (Å²) < 4.78 is 0. The highest BCUT2D eigenvalue weighted by molar-refractivity contribution is 5.88. The summed E-state index contributed by atoms with van der Waals surface area (Å²) in [4.78, 5) is 39.5. The van der Waals surface area contributed by atoms with Crippen molar-refractivity contribution in [2.45, 2.75) is 26.9 Å². The molecule has 0 fully saturated rings. The van der Waals surface area contributed by atoms with E-state index in [1.807, 2.05) is 19.1 Å². The quantitative estimate of drug-likeness (QED) is 0.548. The highest BCUT2D eigenvalue weighted by atomic mass is 16.4. The molecule has 0 aliphatic heterocycles. The van der Waals surface area contributed by atoms with Gasteiger partial charge in [0, 0.05) is 31.4 Å². The van der Waals surface area contributed by atoms with Crippen molar-refractivity contribution in [3.05, 3.63) is 47.5 Å². The lowest BCUT2D eigenvalue weighted by molar-refractivity contribution is -0.138. The maximum absolute atomic E-state index is 11.1. The number of carbonyl (C=O) groups excluding carboxylic acids is 1. The number of hydrogen-bond acceptors (Lipinski definition) is 5. The second kappa shape index (κ2) is 10.6. The Labute approximate surface area is 150 Å². The lowest BCUT2D eigenvalue weighted by atomic mass is 10.2. The Balaban J connectivity index is 0.00000105. The second-order valence-corrected chi connectivity index (χ2v) is 5.50. The van der Waals surface area contributed by atoms with E-state index in [1.165, 1.54) is 6.92 Å². The molecule has 1 aromatic carbocycles. The maximum Gasteiger partial charge on any atom is 0.317 e. The number of nitrogens with one attached hydrogen (secondary N) is 2. The molecule has 9 heteroatoms. The maximum atomic E-state index is 11.1. The number of rotatable bonds is 7. The number of anilines is 1. The highest BCUT2D eigenvalue weighted by Gasteiger charge is 2.14. The third kappa shape index (κ3) is 7.58. The van der Waals surface area contributed by atoms with E-state index in [-0.39, 0.29) is 18.9 Å². The van der Waals surface area contributed by atoms with Crippen LogP contribution in [0, 0.1) is 6.92 Å². The average Bonchev–Trinajstić information content (AvgIpc) is 2.94. The van der Waals surface area contributed by atoms with Crippen molar-refractivity contribution in [1.82, 2.24) is 14.9 Å². The summed E-state index contributed by atoms with van der Waals surface area (Å²) in [6.45, 7) is 3.98. The van der Waals surface area contributed by atoms with E-state index >= 15 is 0 Å². The molecule has 0 unspecified atom stereocenters. The van der Waals surface area contributed by atoms with Crippen LogP contribution in [0.3, 0.4) is 0 Å². The third-order valence-electron chi connectivity index (χ3n) is 3.35. The minimum Gasteiger partial charge on any atom is -0.483 e. The van der Waals surface area contributed by atoms with Crippen LogP contribution in [0.15, 0.2) is 30.6 Å². The molecule has 0 saturated heterocycles. The number of amides is 1. The zero-order valence-corrected chi connectivity index (χ0v) is 14.6. The Bertz CT molecular complexity index is 727. The number of carbonyl (C=O) groups is 3. The molecule has 140 valence electrons. The van der Waals surface area contributed by atoms with Gasteiger partial charge in [-0.25, -0.2) is 4.98 Å². The predicted molar refractivity (Wildman–Crippen MR) is 94.5 cm³/mol. The Morgan fingerprint density at radius 3 is 2.35 bits per heavy atom. The first-order valence-electron chi connectivity index (χ1n) is 7.73. The van der Waals surface area contributed by atoms with Crippen LogP contribution >= 0.6 is 0 Å². The van der Waals surface area contributed by atoms with Crippen molar-refractivity contribution in [3.8, 4) is 0 Å². The number of carboxylic acid groups (broad SMARTS) is 2. The molecular formula is C17H22N4O5. The van der Waals surface area contributed by atoms with Gasteiger partial charge in [0.1, 0.15) is 0 Å². The molecule has 2 aromatic rings. The first kappa shape index (κ1) is 20.8. The summed E-state index contributed by atoms with van der Waals surface area (Å²) in [5, 5.41) is 18.7. The summed E-state index contributed by atoms with van der Waals surface area (Å²) in [6, 6.07) is 7.35. The Kier molecular flexibility index (Phi) is 8.51. The van der Waals surface area contributed by atoms with E-state index in [0.717, 1.165) is 17.0 Å². The summed E-state index contributed by atoms with van der Waals surface area (Å²) in [7, 11) is 0. The van der Waals surface area contributed by atoms with Crippen LogP contribution in [0.1, 0.15) is 23.9 Å². The highest BCUT2D eigenvalue weighted by Crippen LogP contribution is 2.14. The molecule has 2 rings (SSSR count). The first-order valence-corrected chi connectivity index (χ1v) is 7.73. The summed E-state index contributed by atoms with van der Waals surface area (Å²) in [5.74, 6) is -1.01. The molecule has 4 N–H and O–H groups in total. The van der Waals surface area contributed by atoms with Gasteiger partial charge in [0.25, 0.3) is 6.47 Å². The number of hydrogen-bond donors (Lipinski definition) is 4. The van der Waals surface area contributed by atoms with Crippen molar-refractivity contribution in [1.29, 1.82) is 0 Å². The molecule has 0 aliphatic carbocycles. The third-order valence-corrected chi connectivity index (χ3v) is 3.35. The van der Waals surface area contributed by atoms with Crippen LogP contribution in [0.4, 0.5) is 5.69 Å². The normalized spacial score (nSPS) is 9.96. The molecule has 9 nitrogen and oxygen atoms in total. The molecule has 0 spiro atoms. The van der Waals surface area contributed by atoms with E-state index in [9.17, 15) is 9.59 Å². The largest absolute Gasteiger partial charge is 0.483 e. The summed E-state index contributed by atoms with van der Waals surface area (Å²) >= 11 is 0. The van der Waals surface area contributed by atoms with E-state index in [0.29, 0.717) is 18.8 Å². The fourth-order valence-electron chi connectivity index (χ4n) is 2.27. The molecule has 26 heavy (non-hydrogen) atoms. The number of carboxylic acids is 1. The van der Waals surface area contributed by atoms with E-state index < -0.39 is 5.97 Å². The number of aryl methyl sites for hydroxylation is 1. The fourth-order valence-corrected chi connectivity index (χ4v) is 2.27. The van der Waals surface area contributed by atoms with Gasteiger partial charge in [-0.1, -0.05) is 12.1 Å². The van der Waals surface area contributed by atoms with Gasteiger partial charge >= 0.3 is 5.97 Å². The van der Waals surface area contributed by atoms with Crippen molar-refractivity contribution in [2.75, 3.05) is 11.9 Å². The van der Waals surface area contributed by atoms with Crippen LogP contribution in [0.25, 0.3) is 0 Å². The molecule has 0 saturated carbocycles. The number of imidazole rings is 1. The number of aromatic amines is 1. The lowest BCUT2D eigenvalue weighted by Crippen LogP contribution is -2.29. The monoisotopic (exact) mass is 362 g/mol. The molecule has 0 atom stereocenters. The molecule has 0 aliphatic rings. The van der Waals surface area contributed by atoms with Crippen LogP contribution in [-0.4, -0.2) is 50.0 Å². The van der Waals surface area contributed by atoms with Gasteiger partial charge in [-0.05, 0) is 24.6 Å². The van der Waals surface area contributed by atoms with Gasteiger partial charge < -0.3 is 20.5 Å². The van der Waals surface area contributed by atoms with Gasteiger partial charge in [0.05, 0.1) is 18.6 Å². The number of aromatic nitrogens is 2. The minimum atomic E-state index is -0.881. The molecule has 0 bridgehead atoms. The van der Waals surface area contributed by atoms with Gasteiger partial charge in [0.2, 0.25) is 5.91 Å². The topological polar surface area (TPSA) is 136 Å². The van der Waals surface area contributed by atoms with Crippen LogP contribution < -0.4 is 5.32 Å². The Hall–Kier alpha value is -3.20.